The zero-order chi connectivity index (χ0) is 20.3. The van der Waals surface area contributed by atoms with Crippen LogP contribution in [0.1, 0.15) is 30.8 Å². The Kier molecular flexibility index (Phi) is 5.84. The van der Waals surface area contributed by atoms with Crippen LogP contribution >= 0.6 is 11.6 Å². The van der Waals surface area contributed by atoms with Crippen LogP contribution in [0.4, 0.5) is 4.39 Å². The first-order chi connectivity index (χ1) is 13.3. The lowest BCUT2D eigenvalue weighted by Gasteiger charge is -2.32. The first kappa shape index (κ1) is 20.1. The van der Waals surface area contributed by atoms with Crippen LogP contribution in [-0.4, -0.2) is 20.4 Å². The van der Waals surface area contributed by atoms with Crippen molar-refractivity contribution in [3.63, 3.8) is 0 Å². The number of rotatable bonds is 6. The average Bonchev–Trinajstić information content (AvgIpc) is 3.08. The van der Waals surface area contributed by atoms with E-state index in [0.717, 1.165) is 11.4 Å². The van der Waals surface area contributed by atoms with Crippen LogP contribution < -0.4 is 0 Å². The van der Waals surface area contributed by atoms with Crippen LogP contribution in [0.3, 0.4) is 0 Å². The predicted molar refractivity (Wildman–Crippen MR) is 108 cm³/mol. The number of halogens is 2. The summed E-state index contributed by atoms with van der Waals surface area (Å²) in [5, 5.41) is 0.301. The maximum Gasteiger partial charge on any atom is 0.233 e. The molecule has 0 atom stereocenters. The molecule has 0 fully saturated rings. The molecule has 6 heteroatoms. The lowest BCUT2D eigenvalue weighted by molar-refractivity contribution is -0.137. The van der Waals surface area contributed by atoms with Crippen molar-refractivity contribution < 1.29 is 9.18 Å². The summed E-state index contributed by atoms with van der Waals surface area (Å²) in [7, 11) is 1.89. The maximum absolute atomic E-state index is 13.6. The molecule has 0 aliphatic rings. The van der Waals surface area contributed by atoms with Gasteiger partial charge in [-0.05, 0) is 37.1 Å². The van der Waals surface area contributed by atoms with E-state index in [1.807, 2.05) is 62.0 Å². The Morgan fingerprint density at radius 1 is 1.18 bits per heavy atom. The van der Waals surface area contributed by atoms with E-state index in [9.17, 15) is 9.18 Å². The molecule has 3 rings (SSSR count). The second-order valence-electron chi connectivity index (χ2n) is 7.34. The molecule has 0 spiro atoms. The second kappa shape index (κ2) is 8.15. The summed E-state index contributed by atoms with van der Waals surface area (Å²) >= 11 is 6.22. The Labute approximate surface area is 169 Å². The Balaban J connectivity index is 1.95. The SMILES string of the molecule is Cn1ccnc1CN(Cc1ccc(F)cc1Cl)C(=O)C(C)(C)c1ccccc1. The number of aryl methyl sites for hydroxylation is 1. The number of nitrogens with zero attached hydrogens (tertiary/aromatic N) is 3. The Morgan fingerprint density at radius 3 is 2.50 bits per heavy atom. The molecule has 0 radical (unpaired) electrons. The fourth-order valence-corrected chi connectivity index (χ4v) is 3.38. The number of amides is 1. The minimum absolute atomic E-state index is 0.0536. The Bertz CT molecular complexity index is 969. The van der Waals surface area contributed by atoms with Crippen LogP contribution in [0.5, 0.6) is 0 Å². The quantitative estimate of drug-likeness (QED) is 0.601. The van der Waals surface area contributed by atoms with E-state index in [1.165, 1.54) is 12.1 Å². The maximum atomic E-state index is 13.6. The molecule has 1 amide bonds. The highest BCUT2D eigenvalue weighted by Crippen LogP contribution is 2.28. The van der Waals surface area contributed by atoms with Gasteiger partial charge in [0.05, 0.1) is 12.0 Å². The fourth-order valence-electron chi connectivity index (χ4n) is 3.15. The third-order valence-corrected chi connectivity index (χ3v) is 5.30. The summed E-state index contributed by atoms with van der Waals surface area (Å²) < 4.78 is 15.3. The summed E-state index contributed by atoms with van der Waals surface area (Å²) in [5.41, 5.74) is 0.878. The van der Waals surface area contributed by atoms with Gasteiger partial charge in [0.15, 0.2) is 0 Å². The van der Waals surface area contributed by atoms with Gasteiger partial charge in [0, 0.05) is 31.0 Å². The van der Waals surface area contributed by atoms with Gasteiger partial charge in [-0.1, -0.05) is 48.0 Å². The molecule has 0 bridgehead atoms. The van der Waals surface area contributed by atoms with Crippen molar-refractivity contribution in [3.8, 4) is 0 Å². The van der Waals surface area contributed by atoms with E-state index < -0.39 is 11.2 Å². The highest BCUT2D eigenvalue weighted by atomic mass is 35.5. The van der Waals surface area contributed by atoms with Crippen LogP contribution in [0, 0.1) is 5.82 Å². The van der Waals surface area contributed by atoms with Gasteiger partial charge >= 0.3 is 0 Å². The minimum Gasteiger partial charge on any atom is -0.337 e. The van der Waals surface area contributed by atoms with Gasteiger partial charge in [-0.15, -0.1) is 0 Å². The van der Waals surface area contributed by atoms with Gasteiger partial charge in [-0.2, -0.15) is 0 Å². The van der Waals surface area contributed by atoms with E-state index in [2.05, 4.69) is 4.98 Å². The first-order valence-corrected chi connectivity index (χ1v) is 9.42. The molecule has 4 nitrogen and oxygen atoms in total. The Morgan fingerprint density at radius 2 is 1.89 bits per heavy atom. The van der Waals surface area contributed by atoms with Crippen LogP contribution in [0.15, 0.2) is 60.9 Å². The number of aromatic nitrogens is 2. The summed E-state index contributed by atoms with van der Waals surface area (Å²) in [6.07, 6.45) is 3.54. The molecule has 0 aliphatic carbocycles. The minimum atomic E-state index is -0.737. The summed E-state index contributed by atoms with van der Waals surface area (Å²) in [5.74, 6) is 0.304. The number of benzene rings is 2. The molecular formula is C22H23ClFN3O. The largest absolute Gasteiger partial charge is 0.337 e. The number of imidazole rings is 1. The average molecular weight is 400 g/mol. The smallest absolute Gasteiger partial charge is 0.233 e. The highest BCUT2D eigenvalue weighted by molar-refractivity contribution is 6.31. The topological polar surface area (TPSA) is 38.1 Å². The predicted octanol–water partition coefficient (Wildman–Crippen LogP) is 4.72. The second-order valence-corrected chi connectivity index (χ2v) is 7.75. The van der Waals surface area contributed by atoms with E-state index in [0.29, 0.717) is 17.1 Å². The van der Waals surface area contributed by atoms with Crippen molar-refractivity contribution in [2.75, 3.05) is 0 Å². The summed E-state index contributed by atoms with van der Waals surface area (Å²) in [6.45, 7) is 4.40. The monoisotopic (exact) mass is 399 g/mol. The number of hydrogen-bond acceptors (Lipinski definition) is 2. The Hall–Kier alpha value is -2.66. The van der Waals surface area contributed by atoms with Gasteiger partial charge in [0.1, 0.15) is 11.6 Å². The number of carbonyl (C=O) groups excluding carboxylic acids is 1. The van der Waals surface area contributed by atoms with Crippen molar-refractivity contribution in [1.82, 2.24) is 14.5 Å². The summed E-state index contributed by atoms with van der Waals surface area (Å²) in [6, 6.07) is 13.9. The first-order valence-electron chi connectivity index (χ1n) is 9.04. The molecule has 0 saturated carbocycles. The van der Waals surface area contributed by atoms with Crippen molar-refractivity contribution in [3.05, 3.63) is 88.7 Å². The van der Waals surface area contributed by atoms with Gasteiger partial charge in [-0.3, -0.25) is 4.79 Å². The van der Waals surface area contributed by atoms with E-state index in [4.69, 9.17) is 11.6 Å². The van der Waals surface area contributed by atoms with Crippen molar-refractivity contribution in [2.24, 2.45) is 7.05 Å². The molecular weight excluding hydrogens is 377 g/mol. The third-order valence-electron chi connectivity index (χ3n) is 4.95. The van der Waals surface area contributed by atoms with Gasteiger partial charge in [0.2, 0.25) is 5.91 Å². The van der Waals surface area contributed by atoms with Crippen molar-refractivity contribution >= 4 is 17.5 Å². The number of hydrogen-bond donors (Lipinski definition) is 0. The molecule has 1 aromatic heterocycles. The molecule has 0 saturated heterocycles. The van der Waals surface area contributed by atoms with Crippen molar-refractivity contribution in [1.29, 1.82) is 0 Å². The van der Waals surface area contributed by atoms with Crippen LogP contribution in [0.2, 0.25) is 5.02 Å². The number of carbonyl (C=O) groups is 1. The molecule has 0 N–H and O–H groups in total. The molecule has 1 heterocycles. The molecule has 3 aromatic rings. The lowest BCUT2D eigenvalue weighted by atomic mass is 9.83. The van der Waals surface area contributed by atoms with E-state index in [-0.39, 0.29) is 12.5 Å². The van der Waals surface area contributed by atoms with Crippen molar-refractivity contribution in [2.45, 2.75) is 32.4 Å². The zero-order valence-corrected chi connectivity index (χ0v) is 16.9. The zero-order valence-electron chi connectivity index (χ0n) is 16.2. The van der Waals surface area contributed by atoms with Crippen LogP contribution in [0.25, 0.3) is 0 Å². The molecule has 146 valence electrons. The van der Waals surface area contributed by atoms with Gasteiger partial charge in [-0.25, -0.2) is 9.37 Å². The highest BCUT2D eigenvalue weighted by Gasteiger charge is 2.34. The van der Waals surface area contributed by atoms with Gasteiger partial charge < -0.3 is 9.47 Å². The molecule has 0 unspecified atom stereocenters. The summed E-state index contributed by atoms with van der Waals surface area (Å²) in [4.78, 5) is 19.6. The lowest BCUT2D eigenvalue weighted by Crippen LogP contribution is -2.43. The van der Waals surface area contributed by atoms with Crippen LogP contribution in [-0.2, 0) is 30.3 Å². The standard InChI is InChI=1S/C22H23ClFN3O/c1-22(2,17-7-5-4-6-8-17)21(28)27(15-20-25-11-12-26(20)3)14-16-9-10-18(24)13-19(16)23/h4-13H,14-15H2,1-3H3. The molecule has 28 heavy (non-hydrogen) atoms. The third kappa shape index (κ3) is 4.25. The van der Waals surface area contributed by atoms with E-state index in [1.54, 1.807) is 17.2 Å². The fraction of sp³-hybridized carbons (Fsp3) is 0.273. The van der Waals surface area contributed by atoms with E-state index >= 15 is 0 Å². The molecule has 2 aromatic carbocycles. The van der Waals surface area contributed by atoms with Gasteiger partial charge in [0.25, 0.3) is 0 Å². The normalized spacial score (nSPS) is 11.5. The molecule has 0 aliphatic heterocycles.